The maximum atomic E-state index is 14.2. The Labute approximate surface area is 361 Å². The number of nitrogens with one attached hydrogen (secondary N) is 3. The highest BCUT2D eigenvalue weighted by Gasteiger charge is 2.37. The topological polar surface area (TPSA) is 207 Å². The van der Waals surface area contributed by atoms with Gasteiger partial charge in [0.2, 0.25) is 23.6 Å². The van der Waals surface area contributed by atoms with Crippen molar-refractivity contribution in [2.24, 2.45) is 29.4 Å². The number of rotatable bonds is 8. The van der Waals surface area contributed by atoms with Gasteiger partial charge in [0.25, 0.3) is 5.91 Å². The van der Waals surface area contributed by atoms with E-state index in [2.05, 4.69) is 16.0 Å². The van der Waals surface area contributed by atoms with Crippen molar-refractivity contribution in [3.05, 3.63) is 46.5 Å². The lowest BCUT2D eigenvalue weighted by molar-refractivity contribution is -0.158. The van der Waals surface area contributed by atoms with Gasteiger partial charge in [-0.3, -0.25) is 24.0 Å². The Hall–Kier alpha value is -4.50. The molecule has 0 saturated carbocycles. The number of hydrogen-bond acceptors (Lipinski definition) is 10. The van der Waals surface area contributed by atoms with E-state index < -0.39 is 90.4 Å². The van der Waals surface area contributed by atoms with Gasteiger partial charge in [-0.1, -0.05) is 91.1 Å². The van der Waals surface area contributed by atoms with E-state index in [-0.39, 0.29) is 48.5 Å². The van der Waals surface area contributed by atoms with Gasteiger partial charge in [-0.2, -0.15) is 0 Å². The maximum absolute atomic E-state index is 14.2. The molecule has 0 bridgehead atoms. The summed E-state index contributed by atoms with van der Waals surface area (Å²) in [6.07, 6.45) is 1.34. The van der Waals surface area contributed by atoms with E-state index >= 15 is 0 Å². The summed E-state index contributed by atoms with van der Waals surface area (Å²) < 4.78 is 11.7. The minimum absolute atomic E-state index is 0.0380. The van der Waals surface area contributed by atoms with Gasteiger partial charge in [-0.25, -0.2) is 9.59 Å². The Balaban J connectivity index is 2.62. The zero-order valence-corrected chi connectivity index (χ0v) is 38.3. The second kappa shape index (κ2) is 24.1. The first kappa shape index (κ1) is 51.6. The summed E-state index contributed by atoms with van der Waals surface area (Å²) in [6.45, 7) is 17.2. The molecule has 0 radical (unpaired) electrons. The summed E-state index contributed by atoms with van der Waals surface area (Å²) in [5.74, 6) is -5.46. The molecule has 2 rings (SSSR count). The number of benzene rings is 1. The van der Waals surface area contributed by atoms with Crippen molar-refractivity contribution >= 4 is 53.1 Å². The SMILES string of the molecule is CCC(C)[C@@H]1NC(=O)CN(C)C(=O)[C@@H](Cc2ccc(Cl)cc2)N(C)C(=O)[C@H](C)NC(=O)[C@@H](CC(C)C)OC(=O)/C(C)=C/C[C@H](N)[C@H](C)[C@@H]([C@@H](C)CC)OC(=O)[C@@H](C)NC1=O. The largest absolute Gasteiger partial charge is 0.460 e. The van der Waals surface area contributed by atoms with Crippen molar-refractivity contribution in [2.45, 2.75) is 144 Å². The molecular weight excluding hydrogens is 792 g/mol. The second-order valence-corrected chi connectivity index (χ2v) is 17.3. The van der Waals surface area contributed by atoms with Crippen molar-refractivity contribution < 1.29 is 43.0 Å². The van der Waals surface area contributed by atoms with Crippen LogP contribution < -0.4 is 21.7 Å². The molecular formula is C44H69ClN6O9. The Bertz CT molecular complexity index is 1690. The van der Waals surface area contributed by atoms with Crippen molar-refractivity contribution in [1.82, 2.24) is 25.8 Å². The van der Waals surface area contributed by atoms with Gasteiger partial charge in [0.05, 0.1) is 6.54 Å². The van der Waals surface area contributed by atoms with Gasteiger partial charge in [0.15, 0.2) is 6.10 Å². The van der Waals surface area contributed by atoms with Gasteiger partial charge < -0.3 is 41.0 Å². The molecule has 16 heteroatoms. The zero-order chi connectivity index (χ0) is 45.6. The van der Waals surface area contributed by atoms with Crippen molar-refractivity contribution in [3.63, 3.8) is 0 Å². The molecule has 1 aromatic rings. The highest BCUT2D eigenvalue weighted by molar-refractivity contribution is 6.30. The fourth-order valence-electron chi connectivity index (χ4n) is 6.82. The first-order valence-electron chi connectivity index (χ1n) is 21.0. The third-order valence-electron chi connectivity index (χ3n) is 11.3. The van der Waals surface area contributed by atoms with E-state index in [1.165, 1.54) is 32.8 Å². The summed E-state index contributed by atoms with van der Waals surface area (Å²) >= 11 is 6.12. The third kappa shape index (κ3) is 15.2. The van der Waals surface area contributed by atoms with Gasteiger partial charge in [-0.05, 0) is 69.1 Å². The molecule has 10 atom stereocenters. The first-order chi connectivity index (χ1) is 28.0. The molecule has 1 unspecified atom stereocenters. The molecule has 1 aromatic carbocycles. The van der Waals surface area contributed by atoms with Crippen LogP contribution in [-0.4, -0.2) is 114 Å². The maximum Gasteiger partial charge on any atom is 0.334 e. The fourth-order valence-corrected chi connectivity index (χ4v) is 6.94. The van der Waals surface area contributed by atoms with Crippen LogP contribution in [0.4, 0.5) is 0 Å². The number of hydrogen-bond donors (Lipinski definition) is 4. The number of carbonyl (C=O) groups excluding carboxylic acids is 7. The number of amides is 5. The molecule has 1 heterocycles. The minimum atomic E-state index is -1.24. The number of halogens is 1. The summed E-state index contributed by atoms with van der Waals surface area (Å²) in [5, 5.41) is 8.59. The Morgan fingerprint density at radius 1 is 0.817 bits per heavy atom. The predicted octanol–water partition coefficient (Wildman–Crippen LogP) is 3.94. The Morgan fingerprint density at radius 3 is 1.97 bits per heavy atom. The molecule has 0 saturated heterocycles. The number of cyclic esters (lactones) is 2. The number of likely N-dealkylation sites (N-methyl/N-ethyl adjacent to an activating group) is 2. The van der Waals surface area contributed by atoms with E-state index in [4.69, 9.17) is 26.8 Å². The summed E-state index contributed by atoms with van der Waals surface area (Å²) in [5.41, 5.74) is 7.52. The monoisotopic (exact) mass is 860 g/mol. The van der Waals surface area contributed by atoms with Crippen LogP contribution >= 0.6 is 11.6 Å². The standard InChI is InChI=1S/C44H69ClN6O9/c1-13-25(5)37-40(54)48-30(10)44(58)60-38(26(6)14-2)28(8)33(46)20-15-27(7)43(57)59-35(21-24(3)4)39(53)47-29(9)41(55)51(12)34(22-31-16-18-32(45)19-17-31)42(56)50(11)23-36(52)49-37/h15-19,24-26,28-30,33-35,37-38H,13-14,20-23,46H2,1-12H3,(H,47,53)(H,48,54)(H,49,52)/b27-15+/t25?,26-,28-,29-,30+,33-,34+,35+,37-,38+/m0/s1. The molecule has 336 valence electrons. The van der Waals surface area contributed by atoms with E-state index in [1.54, 1.807) is 44.2 Å². The molecule has 60 heavy (non-hydrogen) atoms. The molecule has 5 amide bonds. The molecule has 1 aliphatic rings. The molecule has 0 aliphatic carbocycles. The third-order valence-corrected chi connectivity index (χ3v) is 11.6. The van der Waals surface area contributed by atoms with Crippen LogP contribution in [0.2, 0.25) is 5.02 Å². The van der Waals surface area contributed by atoms with Gasteiger partial charge in [0.1, 0.15) is 30.3 Å². The lowest BCUT2D eigenvalue weighted by Crippen LogP contribution is -2.57. The first-order valence-corrected chi connectivity index (χ1v) is 21.4. The van der Waals surface area contributed by atoms with Crippen LogP contribution in [0.25, 0.3) is 0 Å². The van der Waals surface area contributed by atoms with Gasteiger partial charge in [0, 0.05) is 43.1 Å². The van der Waals surface area contributed by atoms with Crippen LogP contribution in [0.3, 0.4) is 0 Å². The number of esters is 2. The number of nitrogens with zero attached hydrogens (tertiary/aromatic N) is 2. The molecule has 15 nitrogen and oxygen atoms in total. The van der Waals surface area contributed by atoms with Crippen LogP contribution in [-0.2, 0) is 49.5 Å². The number of carbonyl (C=O) groups is 7. The lowest BCUT2D eigenvalue weighted by atomic mass is 9.85. The summed E-state index contributed by atoms with van der Waals surface area (Å²) in [4.78, 5) is 98.3. The van der Waals surface area contributed by atoms with E-state index in [0.717, 1.165) is 4.90 Å². The summed E-state index contributed by atoms with van der Waals surface area (Å²) in [6, 6.07) is 1.75. The molecule has 1 aliphatic heterocycles. The average Bonchev–Trinajstić information content (AvgIpc) is 3.20. The van der Waals surface area contributed by atoms with Crippen molar-refractivity contribution in [2.75, 3.05) is 20.6 Å². The van der Waals surface area contributed by atoms with Crippen LogP contribution in [0, 0.1) is 23.7 Å². The van der Waals surface area contributed by atoms with Crippen LogP contribution in [0.15, 0.2) is 35.9 Å². The lowest BCUT2D eigenvalue weighted by Gasteiger charge is -2.34. The number of ether oxygens (including phenoxy) is 2. The van der Waals surface area contributed by atoms with Crippen molar-refractivity contribution in [3.8, 4) is 0 Å². The normalized spacial score (nSPS) is 28.8. The van der Waals surface area contributed by atoms with Gasteiger partial charge >= 0.3 is 11.9 Å². The quantitative estimate of drug-likeness (QED) is 0.277. The molecule has 0 spiro atoms. The second-order valence-electron chi connectivity index (χ2n) is 16.8. The van der Waals surface area contributed by atoms with Crippen LogP contribution in [0.5, 0.6) is 0 Å². The van der Waals surface area contributed by atoms with E-state index in [1.807, 2.05) is 41.5 Å². The number of nitrogens with two attached hydrogens (primary N) is 1. The van der Waals surface area contributed by atoms with Crippen LogP contribution in [0.1, 0.15) is 100 Å². The van der Waals surface area contributed by atoms with Crippen molar-refractivity contribution in [1.29, 1.82) is 0 Å². The predicted molar refractivity (Wildman–Crippen MR) is 230 cm³/mol. The highest BCUT2D eigenvalue weighted by atomic mass is 35.5. The Kier molecular flexibility index (Phi) is 20.7. The van der Waals surface area contributed by atoms with E-state index in [0.29, 0.717) is 23.4 Å². The van der Waals surface area contributed by atoms with E-state index in [9.17, 15) is 33.6 Å². The molecule has 0 aromatic heterocycles. The fraction of sp³-hybridized carbons (Fsp3) is 0.659. The molecule has 0 fully saturated rings. The average molecular weight is 862 g/mol. The summed E-state index contributed by atoms with van der Waals surface area (Å²) in [7, 11) is 2.84. The van der Waals surface area contributed by atoms with Gasteiger partial charge in [-0.15, -0.1) is 0 Å². The smallest absolute Gasteiger partial charge is 0.334 e. The minimum Gasteiger partial charge on any atom is -0.460 e. The Morgan fingerprint density at radius 2 is 1.40 bits per heavy atom. The molecule has 5 N–H and O–H groups in total. The highest BCUT2D eigenvalue weighted by Crippen LogP contribution is 2.25. The zero-order valence-electron chi connectivity index (χ0n) is 37.5.